The monoisotopic (exact) mass is 234 g/mol. The molecule has 1 aliphatic heterocycles. The maximum Gasteiger partial charge on any atom is 0.171 e. The third-order valence-corrected chi connectivity index (χ3v) is 4.61. The van der Waals surface area contributed by atoms with Gasteiger partial charge >= 0.3 is 0 Å². The Balaban J connectivity index is 2.32. The van der Waals surface area contributed by atoms with E-state index in [0.29, 0.717) is 6.61 Å². The van der Waals surface area contributed by atoms with E-state index in [-0.39, 0.29) is 6.17 Å². The number of ether oxygens (including phenoxy) is 1. The van der Waals surface area contributed by atoms with E-state index in [1.165, 1.54) is 5.69 Å². The second kappa shape index (κ2) is 4.29. The molecule has 0 radical (unpaired) electrons. The molecule has 1 aliphatic rings. The number of nitrogens with zero attached hydrogens (tertiary/aromatic N) is 2. The predicted molar refractivity (Wildman–Crippen MR) is 70.5 cm³/mol. The number of rotatable bonds is 3. The minimum absolute atomic E-state index is 0.147. The van der Waals surface area contributed by atoms with Crippen LogP contribution >= 0.6 is 0 Å². The van der Waals surface area contributed by atoms with Crippen molar-refractivity contribution in [3.63, 3.8) is 0 Å². The fourth-order valence-corrected chi connectivity index (χ4v) is 3.98. The Labute approximate surface area is 97.8 Å². The molecule has 1 unspecified atom stereocenters. The molecule has 4 heteroatoms. The summed E-state index contributed by atoms with van der Waals surface area (Å²) in [7, 11) is -1.45. The molecule has 0 saturated carbocycles. The molecule has 1 atom stereocenters. The molecule has 2 rings (SSSR count). The minimum atomic E-state index is -1.45. The third kappa shape index (κ3) is 2.27. The summed E-state index contributed by atoms with van der Waals surface area (Å²) in [5.41, 5.74) is 1.24. The van der Waals surface area contributed by atoms with Gasteiger partial charge in [-0.05, 0) is 12.1 Å². The zero-order valence-electron chi connectivity index (χ0n) is 10.1. The zero-order chi connectivity index (χ0) is 11.6. The quantitative estimate of drug-likeness (QED) is 0.751. The van der Waals surface area contributed by atoms with Crippen LogP contribution in [0.4, 0.5) is 5.69 Å². The van der Waals surface area contributed by atoms with Crippen LogP contribution in [0.5, 0.6) is 0 Å². The SMILES string of the molecule is C[Si](C)(C)N(c1ccccc1)C1COC=N1. The number of hydrogen-bond donors (Lipinski definition) is 0. The largest absolute Gasteiger partial charge is 0.479 e. The average molecular weight is 234 g/mol. The van der Waals surface area contributed by atoms with Crippen molar-refractivity contribution in [3.05, 3.63) is 30.3 Å². The average Bonchev–Trinajstić information content (AvgIpc) is 2.71. The maximum absolute atomic E-state index is 5.24. The summed E-state index contributed by atoms with van der Waals surface area (Å²) in [6.45, 7) is 7.65. The van der Waals surface area contributed by atoms with Gasteiger partial charge in [0.15, 0.2) is 12.6 Å². The van der Waals surface area contributed by atoms with Gasteiger partial charge in [0, 0.05) is 5.69 Å². The van der Waals surface area contributed by atoms with Crippen LogP contribution in [0.25, 0.3) is 0 Å². The molecule has 1 heterocycles. The van der Waals surface area contributed by atoms with Crippen LogP contribution in [0.1, 0.15) is 0 Å². The highest BCUT2D eigenvalue weighted by atomic mass is 28.3. The molecule has 0 bridgehead atoms. The lowest BCUT2D eigenvalue weighted by Gasteiger charge is -2.38. The molecular weight excluding hydrogens is 216 g/mol. The van der Waals surface area contributed by atoms with Crippen LogP contribution in [0.3, 0.4) is 0 Å². The lowest BCUT2D eigenvalue weighted by molar-refractivity contribution is 0.331. The van der Waals surface area contributed by atoms with Gasteiger partial charge in [-0.1, -0.05) is 37.8 Å². The predicted octanol–water partition coefficient (Wildman–Crippen LogP) is 2.71. The number of benzene rings is 1. The summed E-state index contributed by atoms with van der Waals surface area (Å²) in [4.78, 5) is 4.39. The molecular formula is C12H18N2OSi. The van der Waals surface area contributed by atoms with Crippen molar-refractivity contribution < 1.29 is 4.74 Å². The Hall–Kier alpha value is -1.29. The zero-order valence-corrected chi connectivity index (χ0v) is 11.1. The van der Waals surface area contributed by atoms with Crippen LogP contribution in [-0.2, 0) is 4.74 Å². The third-order valence-electron chi connectivity index (χ3n) is 2.61. The molecule has 1 aromatic rings. The van der Waals surface area contributed by atoms with Crippen molar-refractivity contribution in [1.29, 1.82) is 0 Å². The molecule has 0 amide bonds. The van der Waals surface area contributed by atoms with Crippen molar-refractivity contribution in [2.75, 3.05) is 11.2 Å². The highest BCUT2D eigenvalue weighted by Gasteiger charge is 2.32. The minimum Gasteiger partial charge on any atom is -0.479 e. The van der Waals surface area contributed by atoms with E-state index in [1.54, 1.807) is 6.40 Å². The molecule has 16 heavy (non-hydrogen) atoms. The summed E-state index contributed by atoms with van der Waals surface area (Å²) in [5.74, 6) is 0. The van der Waals surface area contributed by atoms with Gasteiger partial charge in [0.25, 0.3) is 0 Å². The van der Waals surface area contributed by atoms with Crippen molar-refractivity contribution in [3.8, 4) is 0 Å². The van der Waals surface area contributed by atoms with Gasteiger partial charge in [0.05, 0.1) is 0 Å². The number of para-hydroxylation sites is 1. The van der Waals surface area contributed by atoms with E-state index < -0.39 is 8.24 Å². The first-order valence-corrected chi connectivity index (χ1v) is 9.01. The van der Waals surface area contributed by atoms with Crippen LogP contribution in [0.2, 0.25) is 19.6 Å². The van der Waals surface area contributed by atoms with Gasteiger partial charge < -0.3 is 9.30 Å². The molecule has 0 saturated heterocycles. The van der Waals surface area contributed by atoms with E-state index >= 15 is 0 Å². The van der Waals surface area contributed by atoms with Crippen LogP contribution in [0, 0.1) is 0 Å². The smallest absolute Gasteiger partial charge is 0.171 e. The van der Waals surface area contributed by atoms with E-state index in [1.807, 2.05) is 6.07 Å². The summed E-state index contributed by atoms with van der Waals surface area (Å²) in [6, 6.07) is 10.5. The standard InChI is InChI=1S/C12H18N2OSi/c1-16(2,3)14(12-9-15-10-13-12)11-7-5-4-6-8-11/h4-8,10,12H,9H2,1-3H3. The van der Waals surface area contributed by atoms with E-state index in [0.717, 1.165) is 0 Å². The number of aliphatic imine (C=N–C) groups is 1. The molecule has 0 fully saturated rings. The summed E-state index contributed by atoms with van der Waals surface area (Å²) in [6.07, 6.45) is 1.72. The first-order chi connectivity index (χ1) is 7.59. The molecule has 0 aromatic heterocycles. The fourth-order valence-electron chi connectivity index (χ4n) is 2.02. The second-order valence-electron chi connectivity index (χ2n) is 4.94. The normalized spacial score (nSPS) is 19.6. The van der Waals surface area contributed by atoms with Gasteiger partial charge in [0.2, 0.25) is 0 Å². The van der Waals surface area contributed by atoms with E-state index in [2.05, 4.69) is 53.5 Å². The second-order valence-corrected chi connectivity index (χ2v) is 9.77. The van der Waals surface area contributed by atoms with Crippen molar-refractivity contribution >= 4 is 20.3 Å². The van der Waals surface area contributed by atoms with Gasteiger partial charge in [-0.3, -0.25) is 0 Å². The first-order valence-electron chi connectivity index (χ1n) is 5.57. The maximum atomic E-state index is 5.24. The molecule has 1 aromatic carbocycles. The molecule has 0 aliphatic carbocycles. The van der Waals surface area contributed by atoms with Gasteiger partial charge in [-0.2, -0.15) is 0 Å². The lowest BCUT2D eigenvalue weighted by Crippen LogP contribution is -2.52. The lowest BCUT2D eigenvalue weighted by atomic mass is 10.3. The van der Waals surface area contributed by atoms with Gasteiger partial charge in [0.1, 0.15) is 14.8 Å². The van der Waals surface area contributed by atoms with E-state index in [9.17, 15) is 0 Å². The Kier molecular flexibility index (Phi) is 3.00. The fraction of sp³-hybridized carbons (Fsp3) is 0.417. The molecule has 86 valence electrons. The summed E-state index contributed by atoms with van der Waals surface area (Å²) in [5, 5.41) is 0. The van der Waals surface area contributed by atoms with Crippen LogP contribution in [-0.4, -0.2) is 27.4 Å². The van der Waals surface area contributed by atoms with Crippen molar-refractivity contribution in [2.45, 2.75) is 25.8 Å². The van der Waals surface area contributed by atoms with Crippen molar-refractivity contribution in [1.82, 2.24) is 0 Å². The molecule has 0 spiro atoms. The number of anilines is 1. The highest BCUT2D eigenvalue weighted by molar-refractivity contribution is 6.79. The highest BCUT2D eigenvalue weighted by Crippen LogP contribution is 2.25. The summed E-state index contributed by atoms with van der Waals surface area (Å²) >= 11 is 0. The number of hydrogen-bond acceptors (Lipinski definition) is 3. The van der Waals surface area contributed by atoms with Gasteiger partial charge in [-0.15, -0.1) is 0 Å². The Morgan fingerprint density at radius 2 is 1.94 bits per heavy atom. The summed E-state index contributed by atoms with van der Waals surface area (Å²) < 4.78 is 7.67. The Morgan fingerprint density at radius 1 is 1.25 bits per heavy atom. The Bertz CT molecular complexity index is 372. The molecule has 3 nitrogen and oxygen atoms in total. The van der Waals surface area contributed by atoms with Crippen LogP contribution in [0.15, 0.2) is 35.3 Å². The van der Waals surface area contributed by atoms with Gasteiger partial charge in [-0.25, -0.2) is 4.99 Å². The molecule has 0 N–H and O–H groups in total. The van der Waals surface area contributed by atoms with E-state index in [4.69, 9.17) is 4.74 Å². The van der Waals surface area contributed by atoms with Crippen molar-refractivity contribution in [2.24, 2.45) is 4.99 Å². The topological polar surface area (TPSA) is 24.8 Å². The van der Waals surface area contributed by atoms with Crippen LogP contribution < -0.4 is 4.57 Å². The first kappa shape index (κ1) is 11.2. The Morgan fingerprint density at radius 3 is 2.44 bits per heavy atom.